The lowest BCUT2D eigenvalue weighted by molar-refractivity contribution is -0.259. The molecule has 2 aliphatic rings. The Morgan fingerprint density at radius 3 is 1.83 bits per heavy atom. The van der Waals surface area contributed by atoms with Gasteiger partial charge >= 0.3 is 6.03 Å². The Morgan fingerprint density at radius 2 is 1.31 bits per heavy atom. The Kier molecular flexibility index (Phi) is 4.34. The zero-order valence-corrected chi connectivity index (χ0v) is 17.4. The molecule has 5 heteroatoms. The Labute approximate surface area is 171 Å². The molecule has 4 nitrogen and oxygen atoms in total. The van der Waals surface area contributed by atoms with Gasteiger partial charge in [-0.25, -0.2) is 9.18 Å². The van der Waals surface area contributed by atoms with Crippen LogP contribution in [0.25, 0.3) is 0 Å². The van der Waals surface area contributed by atoms with Gasteiger partial charge in [0.1, 0.15) is 0 Å². The molecule has 1 heterocycles. The molecule has 2 aromatic carbocycles. The van der Waals surface area contributed by atoms with Gasteiger partial charge in [-0.15, -0.1) is 0 Å². The van der Waals surface area contributed by atoms with Crippen molar-refractivity contribution in [1.29, 1.82) is 0 Å². The molecule has 1 saturated carbocycles. The second-order valence-electron chi connectivity index (χ2n) is 9.23. The zero-order valence-electron chi connectivity index (χ0n) is 17.4. The van der Waals surface area contributed by atoms with Crippen LogP contribution in [0.5, 0.6) is 0 Å². The highest BCUT2D eigenvalue weighted by Gasteiger charge is 2.81. The molecular weight excluding hydrogens is 367 g/mol. The molecule has 29 heavy (non-hydrogen) atoms. The molecule has 0 radical (unpaired) electrons. The molecule has 1 saturated heterocycles. The second kappa shape index (κ2) is 6.41. The predicted octanol–water partition coefficient (Wildman–Crippen LogP) is 4.79. The highest BCUT2D eigenvalue weighted by Crippen LogP contribution is 2.68. The van der Waals surface area contributed by atoms with Crippen molar-refractivity contribution in [1.82, 2.24) is 9.80 Å². The monoisotopic (exact) mass is 394 g/mol. The standard InChI is InChI=1S/C24H27FN2O2/c1-22(2)19-24(25,23(22,3)4)20(28)27(16-18-13-9-6-10-14-18)21(29)26(19)15-17-11-7-5-8-12-17/h5-14,19H,15-16H2,1-4H3. The van der Waals surface area contributed by atoms with Crippen LogP contribution in [0.1, 0.15) is 38.8 Å². The number of benzene rings is 2. The van der Waals surface area contributed by atoms with Gasteiger partial charge in [0.2, 0.25) is 5.67 Å². The first-order valence-corrected chi connectivity index (χ1v) is 10.0. The Bertz CT molecular complexity index is 942. The maximum atomic E-state index is 16.5. The molecule has 2 unspecified atom stereocenters. The minimum Gasteiger partial charge on any atom is -0.313 e. The van der Waals surface area contributed by atoms with Gasteiger partial charge in [0, 0.05) is 12.0 Å². The quantitative estimate of drug-likeness (QED) is 0.748. The molecule has 1 aliphatic heterocycles. The van der Waals surface area contributed by atoms with E-state index in [2.05, 4.69) is 0 Å². The average Bonchev–Trinajstić information content (AvgIpc) is 2.70. The number of amides is 3. The van der Waals surface area contributed by atoms with E-state index in [1.165, 1.54) is 0 Å². The van der Waals surface area contributed by atoms with Crippen molar-refractivity contribution in [3.05, 3.63) is 71.8 Å². The number of urea groups is 1. The van der Waals surface area contributed by atoms with E-state index in [1.807, 2.05) is 74.5 Å². The third-order valence-corrected chi connectivity index (χ3v) is 7.30. The molecule has 2 atom stereocenters. The molecule has 0 N–H and O–H groups in total. The number of alkyl halides is 1. The molecular formula is C24H27FN2O2. The summed E-state index contributed by atoms with van der Waals surface area (Å²) in [7, 11) is 0. The van der Waals surface area contributed by atoms with E-state index >= 15 is 4.39 Å². The Hall–Kier alpha value is -2.69. The molecule has 4 rings (SSSR count). The number of hydrogen-bond donors (Lipinski definition) is 0. The highest BCUT2D eigenvalue weighted by molar-refractivity contribution is 6.04. The minimum atomic E-state index is -2.12. The van der Waals surface area contributed by atoms with Gasteiger partial charge in [-0.2, -0.15) is 0 Å². The summed E-state index contributed by atoms with van der Waals surface area (Å²) in [4.78, 5) is 29.4. The lowest BCUT2D eigenvalue weighted by Gasteiger charge is -2.71. The molecule has 0 bridgehead atoms. The molecule has 2 fully saturated rings. The van der Waals surface area contributed by atoms with E-state index in [-0.39, 0.29) is 13.1 Å². The van der Waals surface area contributed by atoms with Gasteiger partial charge in [0.15, 0.2) is 0 Å². The van der Waals surface area contributed by atoms with E-state index in [9.17, 15) is 9.59 Å². The van der Waals surface area contributed by atoms with Crippen molar-refractivity contribution >= 4 is 11.9 Å². The SMILES string of the molecule is CC1(C)C2N(Cc3ccccc3)C(=O)N(Cc3ccccc3)C(=O)C2(F)C1(C)C. The fourth-order valence-corrected chi connectivity index (χ4v) is 4.95. The molecule has 0 spiro atoms. The largest absolute Gasteiger partial charge is 0.327 e. The summed E-state index contributed by atoms with van der Waals surface area (Å²) in [6.45, 7) is 7.81. The van der Waals surface area contributed by atoms with Crippen LogP contribution < -0.4 is 0 Å². The van der Waals surface area contributed by atoms with E-state index in [0.29, 0.717) is 0 Å². The van der Waals surface area contributed by atoms with Crippen LogP contribution in [0.2, 0.25) is 0 Å². The second-order valence-corrected chi connectivity index (χ2v) is 9.23. The van der Waals surface area contributed by atoms with Crippen molar-refractivity contribution in [2.75, 3.05) is 0 Å². The number of carbonyl (C=O) groups is 2. The van der Waals surface area contributed by atoms with Gasteiger partial charge < -0.3 is 4.90 Å². The highest BCUT2D eigenvalue weighted by atomic mass is 19.1. The van der Waals surface area contributed by atoms with Crippen molar-refractivity contribution in [3.63, 3.8) is 0 Å². The van der Waals surface area contributed by atoms with Crippen molar-refractivity contribution in [3.8, 4) is 0 Å². The number of rotatable bonds is 4. The smallest absolute Gasteiger partial charge is 0.313 e. The van der Waals surface area contributed by atoms with Crippen LogP contribution in [0.15, 0.2) is 60.7 Å². The van der Waals surface area contributed by atoms with Gasteiger partial charge in [-0.1, -0.05) is 88.4 Å². The van der Waals surface area contributed by atoms with Gasteiger partial charge in [0.05, 0.1) is 12.6 Å². The van der Waals surface area contributed by atoms with Crippen LogP contribution in [0.4, 0.5) is 9.18 Å². The number of halogens is 1. The maximum absolute atomic E-state index is 16.5. The first-order chi connectivity index (χ1) is 13.6. The first kappa shape index (κ1) is 19.6. The fraction of sp³-hybridized carbons (Fsp3) is 0.417. The average molecular weight is 394 g/mol. The van der Waals surface area contributed by atoms with Crippen molar-refractivity contribution < 1.29 is 14.0 Å². The van der Waals surface area contributed by atoms with Crippen LogP contribution in [-0.4, -0.2) is 33.4 Å². The van der Waals surface area contributed by atoms with Crippen molar-refractivity contribution in [2.45, 2.75) is 52.5 Å². The number of carbonyl (C=O) groups excluding carboxylic acids is 2. The summed E-state index contributed by atoms with van der Waals surface area (Å²) in [5.41, 5.74) is -1.84. The third-order valence-electron chi connectivity index (χ3n) is 7.30. The molecule has 1 aliphatic carbocycles. The summed E-state index contributed by atoms with van der Waals surface area (Å²) in [6.07, 6.45) is 0. The predicted molar refractivity (Wildman–Crippen MR) is 110 cm³/mol. The molecule has 0 aromatic heterocycles. The number of imide groups is 1. The number of nitrogens with zero attached hydrogens (tertiary/aromatic N) is 2. The van der Waals surface area contributed by atoms with Crippen molar-refractivity contribution in [2.24, 2.45) is 10.8 Å². The van der Waals surface area contributed by atoms with E-state index in [0.717, 1.165) is 16.0 Å². The lowest BCUT2D eigenvalue weighted by atomic mass is 9.40. The molecule has 152 valence electrons. The number of fused-ring (bicyclic) bond motifs is 1. The third kappa shape index (κ3) is 2.56. The van der Waals surface area contributed by atoms with E-state index in [4.69, 9.17) is 0 Å². The molecule has 3 amide bonds. The maximum Gasteiger partial charge on any atom is 0.327 e. The summed E-state index contributed by atoms with van der Waals surface area (Å²) < 4.78 is 16.5. The van der Waals surface area contributed by atoms with Gasteiger partial charge in [-0.3, -0.25) is 9.69 Å². The van der Waals surface area contributed by atoms with Gasteiger partial charge in [0.25, 0.3) is 5.91 Å². The fourth-order valence-electron chi connectivity index (χ4n) is 4.95. The van der Waals surface area contributed by atoms with E-state index < -0.39 is 34.5 Å². The lowest BCUT2D eigenvalue weighted by Crippen LogP contribution is -2.87. The Balaban J connectivity index is 1.76. The summed E-state index contributed by atoms with van der Waals surface area (Å²) in [6, 6.07) is 17.6. The topological polar surface area (TPSA) is 40.6 Å². The summed E-state index contributed by atoms with van der Waals surface area (Å²) >= 11 is 0. The van der Waals surface area contributed by atoms with Crippen LogP contribution in [0.3, 0.4) is 0 Å². The normalized spacial score (nSPS) is 27.4. The van der Waals surface area contributed by atoms with Crippen LogP contribution in [-0.2, 0) is 17.9 Å². The van der Waals surface area contributed by atoms with Crippen LogP contribution in [0, 0.1) is 10.8 Å². The summed E-state index contributed by atoms with van der Waals surface area (Å²) in [5.74, 6) is -0.718. The van der Waals surface area contributed by atoms with Gasteiger partial charge in [-0.05, 0) is 16.5 Å². The summed E-state index contributed by atoms with van der Waals surface area (Å²) in [5, 5.41) is 0. The Morgan fingerprint density at radius 1 is 0.828 bits per heavy atom. The zero-order chi connectivity index (χ0) is 21.0. The van der Waals surface area contributed by atoms with E-state index in [1.54, 1.807) is 18.7 Å². The molecule has 2 aromatic rings. The minimum absolute atomic E-state index is 0.0681. The first-order valence-electron chi connectivity index (χ1n) is 10.0. The number of hydrogen-bond acceptors (Lipinski definition) is 2. The van der Waals surface area contributed by atoms with Crippen LogP contribution >= 0.6 is 0 Å².